The molecule has 3 nitrogen and oxygen atoms in total. The normalized spacial score (nSPS) is 16.6. The number of hydrogen-bond acceptors (Lipinski definition) is 3. The average Bonchev–Trinajstić information content (AvgIpc) is 3.12. The zero-order chi connectivity index (χ0) is 27.5. The Morgan fingerprint density at radius 1 is 0.500 bits per heavy atom. The second kappa shape index (κ2) is 9.23. The Labute approximate surface area is 237 Å². The van der Waals surface area contributed by atoms with Gasteiger partial charge in [0, 0.05) is 16.8 Å². The number of fused-ring (bicyclic) bond motifs is 5. The van der Waals surface area contributed by atoms with E-state index in [1.807, 2.05) is 0 Å². The third-order valence-corrected chi connectivity index (χ3v) is 8.65. The molecule has 0 unspecified atom stereocenters. The van der Waals surface area contributed by atoms with Crippen molar-refractivity contribution in [3.63, 3.8) is 0 Å². The summed E-state index contributed by atoms with van der Waals surface area (Å²) in [5, 5.41) is 0. The van der Waals surface area contributed by atoms with E-state index >= 15 is 0 Å². The van der Waals surface area contributed by atoms with Crippen LogP contribution in [0, 0.1) is 0 Å². The molecule has 4 heteroatoms. The summed E-state index contributed by atoms with van der Waals surface area (Å²) in [6.45, 7) is 8.40. The molecule has 0 bridgehead atoms. The fourth-order valence-electron chi connectivity index (χ4n) is 5.80. The van der Waals surface area contributed by atoms with Gasteiger partial charge in [0.25, 0.3) is 0 Å². The highest BCUT2D eigenvalue weighted by molar-refractivity contribution is 6.62. The SMILES string of the molecule is CC1(C)OB(c2ccc3c(c2)-c2ccccc2-c2ccccc2N3c2cccc(-c3ccccc3)c2)OC1(C)C. The highest BCUT2D eigenvalue weighted by atomic mass is 16.7. The van der Waals surface area contributed by atoms with E-state index in [0.717, 1.165) is 28.1 Å². The first kappa shape index (κ1) is 24.9. The molecule has 2 aliphatic heterocycles. The molecular formula is C36H32BNO2. The fraction of sp³-hybridized carbons (Fsp3) is 0.167. The zero-order valence-corrected chi connectivity index (χ0v) is 23.4. The maximum Gasteiger partial charge on any atom is 0.494 e. The van der Waals surface area contributed by atoms with Crippen molar-refractivity contribution < 1.29 is 9.31 Å². The summed E-state index contributed by atoms with van der Waals surface area (Å²) in [6, 6.07) is 43.4. The van der Waals surface area contributed by atoms with Gasteiger partial charge < -0.3 is 14.2 Å². The van der Waals surface area contributed by atoms with Gasteiger partial charge >= 0.3 is 7.12 Å². The van der Waals surface area contributed by atoms with Gasteiger partial charge in [-0.2, -0.15) is 0 Å². The Morgan fingerprint density at radius 3 is 1.80 bits per heavy atom. The van der Waals surface area contributed by atoms with Crippen molar-refractivity contribution in [1.82, 2.24) is 0 Å². The highest BCUT2D eigenvalue weighted by Crippen LogP contribution is 2.50. The summed E-state index contributed by atoms with van der Waals surface area (Å²) >= 11 is 0. The van der Waals surface area contributed by atoms with Crippen LogP contribution in [0.3, 0.4) is 0 Å². The Kier molecular flexibility index (Phi) is 5.74. The van der Waals surface area contributed by atoms with Crippen LogP contribution < -0.4 is 10.4 Å². The van der Waals surface area contributed by atoms with Gasteiger partial charge in [-0.15, -0.1) is 0 Å². The number of benzene rings is 5. The maximum atomic E-state index is 6.46. The molecule has 2 heterocycles. The van der Waals surface area contributed by atoms with Gasteiger partial charge in [-0.05, 0) is 79.7 Å². The summed E-state index contributed by atoms with van der Waals surface area (Å²) in [7, 11) is -0.428. The van der Waals surface area contributed by atoms with Gasteiger partial charge in [-0.1, -0.05) is 97.1 Å². The molecule has 0 saturated carbocycles. The van der Waals surface area contributed by atoms with Crippen LogP contribution in [0.15, 0.2) is 121 Å². The van der Waals surface area contributed by atoms with Crippen LogP contribution in [-0.2, 0) is 9.31 Å². The lowest BCUT2D eigenvalue weighted by Gasteiger charge is -2.32. The quantitative estimate of drug-likeness (QED) is 0.217. The van der Waals surface area contributed by atoms with Gasteiger partial charge in [0.1, 0.15) is 0 Å². The Hall–Kier alpha value is -4.12. The van der Waals surface area contributed by atoms with Crippen LogP contribution in [0.2, 0.25) is 0 Å². The second-order valence-corrected chi connectivity index (χ2v) is 11.7. The predicted molar refractivity (Wildman–Crippen MR) is 167 cm³/mol. The lowest BCUT2D eigenvalue weighted by Crippen LogP contribution is -2.41. The summed E-state index contributed by atoms with van der Waals surface area (Å²) < 4.78 is 12.9. The molecule has 0 aromatic heterocycles. The van der Waals surface area contributed by atoms with Crippen LogP contribution in [0.25, 0.3) is 33.4 Å². The fourth-order valence-corrected chi connectivity index (χ4v) is 5.80. The standard InChI is InChI=1S/C36H32BNO2/c1-35(2)36(3,4)40-37(39-35)27-21-22-34-32(24-27)30-18-9-8-17-29(30)31-19-10-11-20-33(31)38(34)28-16-12-15-26(23-28)25-13-6-5-7-14-25/h5-24H,1-4H3. The predicted octanol–water partition coefficient (Wildman–Crippen LogP) is 8.77. The monoisotopic (exact) mass is 521 g/mol. The van der Waals surface area contributed by atoms with E-state index in [1.54, 1.807) is 0 Å². The third-order valence-electron chi connectivity index (χ3n) is 8.65. The molecule has 0 spiro atoms. The zero-order valence-electron chi connectivity index (χ0n) is 23.4. The molecule has 0 aliphatic carbocycles. The van der Waals surface area contributed by atoms with Crippen LogP contribution in [-0.4, -0.2) is 18.3 Å². The Balaban J connectivity index is 1.45. The van der Waals surface area contributed by atoms with Crippen molar-refractivity contribution >= 4 is 29.6 Å². The van der Waals surface area contributed by atoms with Crippen LogP contribution in [0.5, 0.6) is 0 Å². The van der Waals surface area contributed by atoms with Gasteiger partial charge in [-0.3, -0.25) is 0 Å². The molecule has 2 aliphatic rings. The van der Waals surface area contributed by atoms with E-state index < -0.39 is 18.3 Å². The van der Waals surface area contributed by atoms with Crippen molar-refractivity contribution in [2.45, 2.75) is 38.9 Å². The first-order chi connectivity index (χ1) is 19.3. The number of para-hydroxylation sites is 1. The summed E-state index contributed by atoms with van der Waals surface area (Å²) in [6.07, 6.45) is 0. The van der Waals surface area contributed by atoms with Crippen molar-refractivity contribution in [3.8, 4) is 33.4 Å². The summed E-state index contributed by atoms with van der Waals surface area (Å²) in [4.78, 5) is 2.39. The molecule has 0 amide bonds. The van der Waals surface area contributed by atoms with Crippen molar-refractivity contribution in [1.29, 1.82) is 0 Å². The topological polar surface area (TPSA) is 21.7 Å². The number of anilines is 3. The highest BCUT2D eigenvalue weighted by Gasteiger charge is 2.51. The van der Waals surface area contributed by atoms with E-state index in [0.29, 0.717) is 0 Å². The number of nitrogens with zero attached hydrogens (tertiary/aromatic N) is 1. The van der Waals surface area contributed by atoms with Gasteiger partial charge in [-0.25, -0.2) is 0 Å². The molecule has 5 aromatic rings. The number of hydrogen-bond donors (Lipinski definition) is 0. The first-order valence-corrected chi connectivity index (χ1v) is 14.0. The summed E-state index contributed by atoms with van der Waals surface area (Å²) in [5.41, 5.74) is 10.8. The van der Waals surface area contributed by atoms with Crippen molar-refractivity contribution in [2.75, 3.05) is 4.90 Å². The second-order valence-electron chi connectivity index (χ2n) is 11.7. The molecule has 0 N–H and O–H groups in total. The van der Waals surface area contributed by atoms with Crippen molar-refractivity contribution in [2.24, 2.45) is 0 Å². The van der Waals surface area contributed by atoms with Crippen LogP contribution in [0.4, 0.5) is 17.1 Å². The molecule has 1 saturated heterocycles. The Bertz CT molecular complexity index is 1710. The van der Waals surface area contributed by atoms with Gasteiger partial charge in [0.05, 0.1) is 22.6 Å². The maximum absolute atomic E-state index is 6.46. The largest absolute Gasteiger partial charge is 0.494 e. The van der Waals surface area contributed by atoms with E-state index in [9.17, 15) is 0 Å². The van der Waals surface area contributed by atoms with Crippen molar-refractivity contribution in [3.05, 3.63) is 121 Å². The summed E-state index contributed by atoms with van der Waals surface area (Å²) in [5.74, 6) is 0. The molecular weight excluding hydrogens is 489 g/mol. The molecule has 1 fully saturated rings. The molecule has 40 heavy (non-hydrogen) atoms. The minimum Gasteiger partial charge on any atom is -0.399 e. The molecule has 0 atom stereocenters. The van der Waals surface area contributed by atoms with E-state index in [1.165, 1.54) is 27.8 Å². The Morgan fingerprint density at radius 2 is 1.07 bits per heavy atom. The minimum absolute atomic E-state index is 0.400. The van der Waals surface area contributed by atoms with Gasteiger partial charge in [0.15, 0.2) is 0 Å². The smallest absolute Gasteiger partial charge is 0.399 e. The molecule has 7 rings (SSSR count). The average molecular weight is 521 g/mol. The molecule has 5 aromatic carbocycles. The lowest BCUT2D eigenvalue weighted by atomic mass is 9.77. The minimum atomic E-state index is -0.428. The third kappa shape index (κ3) is 3.99. The van der Waals surface area contributed by atoms with E-state index in [4.69, 9.17) is 9.31 Å². The van der Waals surface area contributed by atoms with E-state index in [2.05, 4.69) is 154 Å². The number of rotatable bonds is 3. The molecule has 196 valence electrons. The van der Waals surface area contributed by atoms with Gasteiger partial charge in [0.2, 0.25) is 0 Å². The molecule has 0 radical (unpaired) electrons. The van der Waals surface area contributed by atoms with Crippen LogP contribution in [0.1, 0.15) is 27.7 Å². The van der Waals surface area contributed by atoms with E-state index in [-0.39, 0.29) is 0 Å². The lowest BCUT2D eigenvalue weighted by molar-refractivity contribution is 0.00578. The van der Waals surface area contributed by atoms with Crippen LogP contribution >= 0.6 is 0 Å². The first-order valence-electron chi connectivity index (χ1n) is 14.0.